The van der Waals surface area contributed by atoms with E-state index < -0.39 is 0 Å². The molecule has 0 fully saturated rings. The second kappa shape index (κ2) is 5.81. The molecule has 3 aromatic rings. The molecule has 102 valence electrons. The number of halogens is 1. The molecule has 1 heterocycles. The van der Waals surface area contributed by atoms with Gasteiger partial charge in [-0.3, -0.25) is 0 Å². The molecule has 1 atom stereocenters. The van der Waals surface area contributed by atoms with Crippen molar-refractivity contribution in [2.45, 2.75) is 19.5 Å². The zero-order valence-corrected chi connectivity index (χ0v) is 12.9. The second-order valence-electron chi connectivity index (χ2n) is 4.98. The van der Waals surface area contributed by atoms with Crippen LogP contribution >= 0.6 is 15.9 Å². The van der Waals surface area contributed by atoms with E-state index in [1.165, 1.54) is 22.0 Å². The lowest BCUT2D eigenvalue weighted by Gasteiger charge is -2.16. The first-order valence-corrected chi connectivity index (χ1v) is 7.58. The van der Waals surface area contributed by atoms with Gasteiger partial charge in [-0.15, -0.1) is 0 Å². The molecule has 0 radical (unpaired) electrons. The van der Waals surface area contributed by atoms with Crippen LogP contribution in [-0.2, 0) is 6.54 Å². The molecule has 0 aliphatic rings. The molecule has 0 amide bonds. The van der Waals surface area contributed by atoms with Gasteiger partial charge in [0.05, 0.1) is 0 Å². The molecule has 2 nitrogen and oxygen atoms in total. The number of aromatic nitrogens is 1. The van der Waals surface area contributed by atoms with Crippen LogP contribution in [0.2, 0.25) is 0 Å². The first-order chi connectivity index (χ1) is 9.75. The number of hydrogen-bond donors (Lipinski definition) is 2. The third kappa shape index (κ3) is 2.65. The molecule has 0 aliphatic carbocycles. The van der Waals surface area contributed by atoms with E-state index in [9.17, 15) is 0 Å². The molecular weight excluding hydrogens is 312 g/mol. The van der Waals surface area contributed by atoms with Crippen LogP contribution in [0.25, 0.3) is 10.9 Å². The Balaban J connectivity index is 1.76. The fourth-order valence-corrected chi connectivity index (χ4v) is 3.12. The largest absolute Gasteiger partial charge is 0.361 e. The molecule has 0 saturated carbocycles. The molecule has 20 heavy (non-hydrogen) atoms. The first-order valence-electron chi connectivity index (χ1n) is 6.78. The molecule has 0 saturated heterocycles. The van der Waals surface area contributed by atoms with Gasteiger partial charge in [0.2, 0.25) is 0 Å². The van der Waals surface area contributed by atoms with Crippen molar-refractivity contribution in [2.75, 3.05) is 0 Å². The number of benzene rings is 2. The van der Waals surface area contributed by atoms with Gasteiger partial charge < -0.3 is 10.3 Å². The zero-order chi connectivity index (χ0) is 13.9. The number of fused-ring (bicyclic) bond motifs is 1. The summed E-state index contributed by atoms with van der Waals surface area (Å²) in [5, 5.41) is 4.85. The molecule has 2 N–H and O–H groups in total. The van der Waals surface area contributed by atoms with Crippen LogP contribution in [0.4, 0.5) is 0 Å². The van der Waals surface area contributed by atoms with E-state index in [0.717, 1.165) is 11.0 Å². The number of nitrogens with one attached hydrogen (secondary N) is 2. The minimum atomic E-state index is 0.302. The standard InChI is InChI=1S/C17H17BrN2/c1-12(15-7-2-3-8-16(15)18)20-11-14-6-4-5-13-9-10-19-17(13)14/h2-10,12,19-20H,11H2,1H3/t12-/m1/s1. The van der Waals surface area contributed by atoms with E-state index in [1.54, 1.807) is 0 Å². The average molecular weight is 329 g/mol. The summed E-state index contributed by atoms with van der Waals surface area (Å²) in [5.74, 6) is 0. The summed E-state index contributed by atoms with van der Waals surface area (Å²) in [5.41, 5.74) is 3.80. The average Bonchev–Trinajstić information content (AvgIpc) is 2.94. The van der Waals surface area contributed by atoms with Gasteiger partial charge in [0, 0.05) is 28.8 Å². The summed E-state index contributed by atoms with van der Waals surface area (Å²) in [7, 11) is 0. The predicted octanol–water partition coefficient (Wildman–Crippen LogP) is 4.78. The molecule has 2 aromatic carbocycles. The Bertz CT molecular complexity index is 718. The van der Waals surface area contributed by atoms with Gasteiger partial charge in [0.25, 0.3) is 0 Å². The summed E-state index contributed by atoms with van der Waals surface area (Å²) in [6.45, 7) is 3.04. The van der Waals surface area contributed by atoms with Gasteiger partial charge >= 0.3 is 0 Å². The summed E-state index contributed by atoms with van der Waals surface area (Å²) < 4.78 is 1.15. The Kier molecular flexibility index (Phi) is 3.90. The highest BCUT2D eigenvalue weighted by Gasteiger charge is 2.09. The van der Waals surface area contributed by atoms with Crippen molar-refractivity contribution in [1.29, 1.82) is 0 Å². The Morgan fingerprint density at radius 3 is 2.80 bits per heavy atom. The fourth-order valence-electron chi connectivity index (χ4n) is 2.50. The molecule has 3 rings (SSSR count). The maximum absolute atomic E-state index is 3.61. The predicted molar refractivity (Wildman–Crippen MR) is 87.7 cm³/mol. The third-order valence-corrected chi connectivity index (χ3v) is 4.37. The Hall–Kier alpha value is -1.58. The first kappa shape index (κ1) is 13.4. The van der Waals surface area contributed by atoms with Crippen LogP contribution in [0.15, 0.2) is 59.2 Å². The van der Waals surface area contributed by atoms with E-state index in [-0.39, 0.29) is 0 Å². The van der Waals surface area contributed by atoms with Crippen LogP contribution in [0.1, 0.15) is 24.1 Å². The van der Waals surface area contributed by atoms with Crippen molar-refractivity contribution in [1.82, 2.24) is 10.3 Å². The third-order valence-electron chi connectivity index (χ3n) is 3.64. The number of aromatic amines is 1. The number of rotatable bonds is 4. The molecule has 3 heteroatoms. The van der Waals surface area contributed by atoms with Crippen molar-refractivity contribution < 1.29 is 0 Å². The maximum Gasteiger partial charge on any atom is 0.0499 e. The lowest BCUT2D eigenvalue weighted by atomic mass is 10.1. The Labute approximate surface area is 127 Å². The van der Waals surface area contributed by atoms with Crippen molar-refractivity contribution in [2.24, 2.45) is 0 Å². The van der Waals surface area contributed by atoms with Gasteiger partial charge in [-0.1, -0.05) is 52.3 Å². The molecule has 1 aromatic heterocycles. The molecule has 0 bridgehead atoms. The monoisotopic (exact) mass is 328 g/mol. The minimum Gasteiger partial charge on any atom is -0.361 e. The highest BCUT2D eigenvalue weighted by molar-refractivity contribution is 9.10. The molecule has 0 spiro atoms. The van der Waals surface area contributed by atoms with Gasteiger partial charge in [0.1, 0.15) is 0 Å². The number of para-hydroxylation sites is 1. The van der Waals surface area contributed by atoms with Crippen molar-refractivity contribution in [3.8, 4) is 0 Å². The van der Waals surface area contributed by atoms with Crippen LogP contribution in [0.5, 0.6) is 0 Å². The summed E-state index contributed by atoms with van der Waals surface area (Å²) in [6.07, 6.45) is 1.99. The van der Waals surface area contributed by atoms with Crippen LogP contribution in [0, 0.1) is 0 Å². The smallest absolute Gasteiger partial charge is 0.0499 e. The van der Waals surface area contributed by atoms with Crippen molar-refractivity contribution in [3.05, 3.63) is 70.3 Å². The summed E-state index contributed by atoms with van der Waals surface area (Å²) in [4.78, 5) is 3.31. The maximum atomic E-state index is 3.61. The highest BCUT2D eigenvalue weighted by Crippen LogP contribution is 2.24. The summed E-state index contributed by atoms with van der Waals surface area (Å²) >= 11 is 3.61. The van der Waals surface area contributed by atoms with Crippen LogP contribution < -0.4 is 5.32 Å². The fraction of sp³-hybridized carbons (Fsp3) is 0.176. The van der Waals surface area contributed by atoms with E-state index in [2.05, 4.69) is 75.6 Å². The molecule has 0 aliphatic heterocycles. The highest BCUT2D eigenvalue weighted by atomic mass is 79.9. The van der Waals surface area contributed by atoms with E-state index >= 15 is 0 Å². The van der Waals surface area contributed by atoms with Gasteiger partial charge in [-0.2, -0.15) is 0 Å². The van der Waals surface area contributed by atoms with Crippen LogP contribution in [0.3, 0.4) is 0 Å². The minimum absolute atomic E-state index is 0.302. The van der Waals surface area contributed by atoms with Gasteiger partial charge in [-0.25, -0.2) is 0 Å². The normalized spacial score (nSPS) is 12.7. The topological polar surface area (TPSA) is 27.8 Å². The Morgan fingerprint density at radius 1 is 1.10 bits per heavy atom. The van der Waals surface area contributed by atoms with E-state index in [4.69, 9.17) is 0 Å². The van der Waals surface area contributed by atoms with E-state index in [1.807, 2.05) is 12.3 Å². The van der Waals surface area contributed by atoms with Gasteiger partial charge in [-0.05, 0) is 35.6 Å². The summed E-state index contributed by atoms with van der Waals surface area (Å²) in [6, 6.07) is 17.2. The zero-order valence-electron chi connectivity index (χ0n) is 11.4. The quantitative estimate of drug-likeness (QED) is 0.708. The van der Waals surface area contributed by atoms with Crippen LogP contribution in [-0.4, -0.2) is 4.98 Å². The van der Waals surface area contributed by atoms with E-state index in [0.29, 0.717) is 6.04 Å². The van der Waals surface area contributed by atoms with Gasteiger partial charge in [0.15, 0.2) is 0 Å². The lowest BCUT2D eigenvalue weighted by molar-refractivity contribution is 0.574. The van der Waals surface area contributed by atoms with Crippen molar-refractivity contribution in [3.63, 3.8) is 0 Å². The number of hydrogen-bond acceptors (Lipinski definition) is 1. The Morgan fingerprint density at radius 2 is 1.95 bits per heavy atom. The lowest BCUT2D eigenvalue weighted by Crippen LogP contribution is -2.18. The second-order valence-corrected chi connectivity index (χ2v) is 5.84. The number of H-pyrrole nitrogens is 1. The molecule has 0 unspecified atom stereocenters. The molecular formula is C17H17BrN2. The van der Waals surface area contributed by atoms with Crippen molar-refractivity contribution >= 4 is 26.8 Å². The SMILES string of the molecule is C[C@@H](NCc1cccc2cc[nH]c12)c1ccccc1Br.